The first-order chi connectivity index (χ1) is 15.4. The summed E-state index contributed by atoms with van der Waals surface area (Å²) in [6, 6.07) is 21.8. The van der Waals surface area contributed by atoms with Crippen LogP contribution in [0.15, 0.2) is 78.9 Å². The monoisotopic (exact) mass is 439 g/mol. The van der Waals surface area contributed by atoms with Gasteiger partial charge in [0.1, 0.15) is 12.4 Å². The van der Waals surface area contributed by atoms with Crippen LogP contribution in [0.1, 0.15) is 22.6 Å². The first-order valence-electron chi connectivity index (χ1n) is 10.0. The van der Waals surface area contributed by atoms with Crippen molar-refractivity contribution in [2.45, 2.75) is 12.3 Å². The topological polar surface area (TPSA) is 47.6 Å². The van der Waals surface area contributed by atoms with Gasteiger partial charge in [-0.05, 0) is 28.3 Å². The molecular formula is C25H20F3NO3. The van der Waals surface area contributed by atoms with Crippen molar-refractivity contribution < 1.29 is 27.4 Å². The number of para-hydroxylation sites is 1. The van der Waals surface area contributed by atoms with E-state index in [4.69, 9.17) is 4.74 Å². The van der Waals surface area contributed by atoms with E-state index in [1.807, 2.05) is 36.4 Å². The molecule has 7 heteroatoms. The second kappa shape index (κ2) is 9.18. The lowest BCUT2D eigenvalue weighted by molar-refractivity contribution is -0.274. The van der Waals surface area contributed by atoms with Crippen LogP contribution in [0.3, 0.4) is 0 Å². The first-order valence-corrected chi connectivity index (χ1v) is 10.0. The van der Waals surface area contributed by atoms with Crippen LogP contribution in [0.25, 0.3) is 17.2 Å². The van der Waals surface area contributed by atoms with Gasteiger partial charge in [0.15, 0.2) is 0 Å². The average molecular weight is 439 g/mol. The van der Waals surface area contributed by atoms with Crippen molar-refractivity contribution in [2.24, 2.45) is 0 Å². The lowest BCUT2D eigenvalue weighted by Crippen LogP contribution is -2.26. The van der Waals surface area contributed by atoms with Gasteiger partial charge in [-0.15, -0.1) is 13.2 Å². The smallest absolute Gasteiger partial charge is 0.449 e. The molecule has 0 saturated heterocycles. The molecule has 1 aliphatic rings. The van der Waals surface area contributed by atoms with Gasteiger partial charge >= 0.3 is 12.5 Å². The summed E-state index contributed by atoms with van der Waals surface area (Å²) in [5.74, 6) is -0.354. The fourth-order valence-corrected chi connectivity index (χ4v) is 3.81. The molecule has 164 valence electrons. The third-order valence-electron chi connectivity index (χ3n) is 5.15. The maximum absolute atomic E-state index is 12.5. The third kappa shape index (κ3) is 4.94. The number of halogens is 3. The quantitative estimate of drug-likeness (QED) is 0.502. The molecule has 0 radical (unpaired) electrons. The minimum absolute atomic E-state index is 0.0462. The highest BCUT2D eigenvalue weighted by atomic mass is 19.4. The lowest BCUT2D eigenvalue weighted by atomic mass is 9.98. The molecule has 0 bridgehead atoms. The van der Waals surface area contributed by atoms with Crippen molar-refractivity contribution >= 4 is 12.2 Å². The molecule has 0 heterocycles. The highest BCUT2D eigenvalue weighted by Crippen LogP contribution is 2.44. The van der Waals surface area contributed by atoms with E-state index in [0.717, 1.165) is 22.3 Å². The Morgan fingerprint density at radius 3 is 2.16 bits per heavy atom. The number of carbonyl (C=O) groups excluding carboxylic acids is 1. The number of alkyl carbamates (subject to hydrolysis) is 1. The van der Waals surface area contributed by atoms with Gasteiger partial charge in [0.25, 0.3) is 0 Å². The Labute approximate surface area is 183 Å². The Hall–Kier alpha value is -3.74. The van der Waals surface area contributed by atoms with Crippen LogP contribution in [-0.4, -0.2) is 25.6 Å². The molecule has 0 aliphatic heterocycles. The summed E-state index contributed by atoms with van der Waals surface area (Å²) < 4.78 is 46.9. The van der Waals surface area contributed by atoms with Crippen LogP contribution in [0, 0.1) is 0 Å². The molecule has 0 fully saturated rings. The Bertz CT molecular complexity index is 1100. The predicted molar refractivity (Wildman–Crippen MR) is 115 cm³/mol. The van der Waals surface area contributed by atoms with Crippen LogP contribution >= 0.6 is 0 Å². The van der Waals surface area contributed by atoms with Gasteiger partial charge in [-0.2, -0.15) is 0 Å². The van der Waals surface area contributed by atoms with Crippen LogP contribution in [0.4, 0.5) is 18.0 Å². The van der Waals surface area contributed by atoms with Gasteiger partial charge in [0.05, 0.1) is 0 Å². The molecule has 0 aromatic heterocycles. The normalized spacial score (nSPS) is 13.0. The van der Waals surface area contributed by atoms with Crippen LogP contribution in [0.2, 0.25) is 0 Å². The molecule has 4 rings (SSSR count). The van der Waals surface area contributed by atoms with E-state index in [-0.39, 0.29) is 30.4 Å². The van der Waals surface area contributed by atoms with E-state index in [0.29, 0.717) is 0 Å². The van der Waals surface area contributed by atoms with Crippen LogP contribution in [0.5, 0.6) is 5.75 Å². The largest absolute Gasteiger partial charge is 0.573 e. The Morgan fingerprint density at radius 2 is 1.50 bits per heavy atom. The van der Waals surface area contributed by atoms with Crippen LogP contribution in [-0.2, 0) is 4.74 Å². The van der Waals surface area contributed by atoms with Gasteiger partial charge < -0.3 is 14.8 Å². The highest BCUT2D eigenvalue weighted by Gasteiger charge is 2.32. The molecule has 3 aromatic rings. The van der Waals surface area contributed by atoms with E-state index in [2.05, 4.69) is 22.2 Å². The molecule has 1 aliphatic carbocycles. The van der Waals surface area contributed by atoms with E-state index in [1.165, 1.54) is 30.4 Å². The lowest BCUT2D eigenvalue weighted by Gasteiger charge is -2.14. The molecule has 32 heavy (non-hydrogen) atoms. The van der Waals surface area contributed by atoms with E-state index in [1.54, 1.807) is 6.07 Å². The van der Waals surface area contributed by atoms with Gasteiger partial charge in [-0.1, -0.05) is 78.9 Å². The van der Waals surface area contributed by atoms with E-state index < -0.39 is 12.5 Å². The Morgan fingerprint density at radius 1 is 0.906 bits per heavy atom. The second-order valence-corrected chi connectivity index (χ2v) is 7.19. The van der Waals surface area contributed by atoms with Gasteiger partial charge in [-0.25, -0.2) is 4.79 Å². The first kappa shape index (κ1) is 21.5. The summed E-state index contributed by atoms with van der Waals surface area (Å²) >= 11 is 0. The molecule has 0 spiro atoms. The van der Waals surface area contributed by atoms with Gasteiger partial charge in [0.2, 0.25) is 0 Å². The maximum atomic E-state index is 12.5. The molecule has 3 aromatic carbocycles. The minimum atomic E-state index is -4.77. The molecule has 0 unspecified atom stereocenters. The summed E-state index contributed by atoms with van der Waals surface area (Å²) in [7, 11) is 0. The zero-order valence-electron chi connectivity index (χ0n) is 16.9. The zero-order chi connectivity index (χ0) is 22.6. The number of ether oxygens (including phenoxy) is 2. The second-order valence-electron chi connectivity index (χ2n) is 7.19. The summed E-state index contributed by atoms with van der Waals surface area (Å²) in [5, 5.41) is 2.58. The van der Waals surface area contributed by atoms with Crippen molar-refractivity contribution in [1.82, 2.24) is 5.32 Å². The average Bonchev–Trinajstić information content (AvgIpc) is 3.09. The number of carbonyl (C=O) groups is 1. The van der Waals surface area contributed by atoms with Gasteiger partial charge in [0, 0.05) is 18.0 Å². The van der Waals surface area contributed by atoms with E-state index in [9.17, 15) is 18.0 Å². The van der Waals surface area contributed by atoms with Crippen molar-refractivity contribution in [3.05, 3.63) is 95.6 Å². The standard InChI is InChI=1S/C25H20F3NO3/c26-25(27,28)32-23-14-6-1-8-17(23)9-7-15-29-24(30)31-16-22-20-12-4-2-10-18(20)19-11-3-5-13-21(19)22/h1-14,22H,15-16H2,(H,29,30). The minimum Gasteiger partial charge on any atom is -0.449 e. The molecule has 0 atom stereocenters. The third-order valence-corrected chi connectivity index (χ3v) is 5.15. The van der Waals surface area contributed by atoms with E-state index >= 15 is 0 Å². The number of benzene rings is 3. The predicted octanol–water partition coefficient (Wildman–Crippen LogP) is 6.14. The fourth-order valence-electron chi connectivity index (χ4n) is 3.81. The molecule has 0 saturated carbocycles. The fraction of sp³-hybridized carbons (Fsp3) is 0.160. The number of hydrogen-bond acceptors (Lipinski definition) is 3. The molecule has 1 amide bonds. The summed E-state index contributed by atoms with van der Waals surface area (Å²) in [6.07, 6.45) is -2.40. The van der Waals surface area contributed by atoms with Crippen molar-refractivity contribution in [1.29, 1.82) is 0 Å². The van der Waals surface area contributed by atoms with Crippen molar-refractivity contribution in [3.63, 3.8) is 0 Å². The number of amides is 1. The molecular weight excluding hydrogens is 419 g/mol. The number of fused-ring (bicyclic) bond motifs is 3. The Balaban J connectivity index is 1.33. The SMILES string of the molecule is O=C(NCC=Cc1ccccc1OC(F)(F)F)OCC1c2ccccc2-c2ccccc21. The summed E-state index contributed by atoms with van der Waals surface area (Å²) in [6.45, 7) is 0.281. The van der Waals surface area contributed by atoms with Crippen LogP contribution < -0.4 is 10.1 Å². The Kier molecular flexibility index (Phi) is 6.16. The van der Waals surface area contributed by atoms with Crippen molar-refractivity contribution in [2.75, 3.05) is 13.2 Å². The highest BCUT2D eigenvalue weighted by molar-refractivity contribution is 5.79. The maximum Gasteiger partial charge on any atom is 0.573 e. The number of hydrogen-bond donors (Lipinski definition) is 1. The summed E-state index contributed by atoms with van der Waals surface area (Å²) in [5.41, 5.74) is 4.75. The van der Waals surface area contributed by atoms with Crippen molar-refractivity contribution in [3.8, 4) is 16.9 Å². The number of rotatable bonds is 6. The molecule has 4 nitrogen and oxygen atoms in total. The zero-order valence-corrected chi connectivity index (χ0v) is 16.9. The van der Waals surface area contributed by atoms with Gasteiger partial charge in [-0.3, -0.25) is 0 Å². The number of alkyl halides is 3. The number of nitrogens with one attached hydrogen (secondary N) is 1. The molecule has 1 N–H and O–H groups in total. The summed E-state index contributed by atoms with van der Waals surface area (Å²) in [4.78, 5) is 12.1.